The number of nitrogens with zero attached hydrogens (tertiary/aromatic N) is 2. The van der Waals surface area contributed by atoms with Gasteiger partial charge in [-0.1, -0.05) is 5.16 Å². The van der Waals surface area contributed by atoms with Crippen LogP contribution in [0.1, 0.15) is 60.5 Å². The summed E-state index contributed by atoms with van der Waals surface area (Å²) in [5.74, 6) is 0.684. The second-order valence-electron chi connectivity index (χ2n) is 7.62. The molecule has 1 aliphatic heterocycles. The van der Waals surface area contributed by atoms with Crippen LogP contribution < -0.4 is 4.74 Å². The average molecular weight is 400 g/mol. The molecule has 0 N–H and O–H groups in total. The fraction of sp³-hybridized carbons (Fsp3) is 0.500. The molecule has 156 valence electrons. The van der Waals surface area contributed by atoms with Crippen LogP contribution in [-0.2, 0) is 16.1 Å². The molecule has 3 rings (SSSR count). The minimum absolute atomic E-state index is 0.141. The third-order valence-corrected chi connectivity index (χ3v) is 5.46. The zero-order chi connectivity index (χ0) is 21.0. The lowest BCUT2D eigenvalue weighted by Crippen LogP contribution is -2.49. The van der Waals surface area contributed by atoms with E-state index in [4.69, 9.17) is 14.0 Å². The lowest BCUT2D eigenvalue weighted by atomic mass is 9.97. The Balaban J connectivity index is 1.51. The van der Waals surface area contributed by atoms with Gasteiger partial charge in [0.05, 0.1) is 16.8 Å². The summed E-state index contributed by atoms with van der Waals surface area (Å²) < 4.78 is 16.1. The monoisotopic (exact) mass is 400 g/mol. The van der Waals surface area contributed by atoms with E-state index in [9.17, 15) is 9.59 Å². The SMILES string of the molecule is Cc1noc(C)c1COc1ccc(C(=O)OCC(=O)N2[C@H](C)CCC[C@H]2C)cc1. The van der Waals surface area contributed by atoms with Crippen LogP contribution in [-0.4, -0.2) is 40.6 Å². The summed E-state index contributed by atoms with van der Waals surface area (Å²) in [5, 5.41) is 3.90. The molecule has 29 heavy (non-hydrogen) atoms. The Labute approximate surface area is 171 Å². The second-order valence-corrected chi connectivity index (χ2v) is 7.62. The van der Waals surface area contributed by atoms with Gasteiger partial charge in [-0.05, 0) is 71.2 Å². The molecule has 1 aromatic carbocycles. The van der Waals surface area contributed by atoms with Crippen molar-refractivity contribution in [1.29, 1.82) is 0 Å². The fourth-order valence-corrected chi connectivity index (χ4v) is 3.75. The van der Waals surface area contributed by atoms with Gasteiger partial charge < -0.3 is 18.9 Å². The maximum Gasteiger partial charge on any atom is 0.338 e. The van der Waals surface area contributed by atoms with Crippen molar-refractivity contribution in [2.45, 2.75) is 65.6 Å². The van der Waals surface area contributed by atoms with Crippen molar-refractivity contribution in [3.63, 3.8) is 0 Å². The number of aryl methyl sites for hydroxylation is 2. The van der Waals surface area contributed by atoms with E-state index in [2.05, 4.69) is 5.16 Å². The molecule has 0 aliphatic carbocycles. The molecule has 2 atom stereocenters. The van der Waals surface area contributed by atoms with Crippen LogP contribution >= 0.6 is 0 Å². The van der Waals surface area contributed by atoms with E-state index >= 15 is 0 Å². The maximum absolute atomic E-state index is 12.5. The number of amides is 1. The summed E-state index contributed by atoms with van der Waals surface area (Å²) in [5.41, 5.74) is 2.08. The Morgan fingerprint density at radius 2 is 1.79 bits per heavy atom. The first-order valence-corrected chi connectivity index (χ1v) is 9.99. The molecule has 1 amide bonds. The smallest absolute Gasteiger partial charge is 0.338 e. The van der Waals surface area contributed by atoms with Gasteiger partial charge in [0.2, 0.25) is 0 Å². The van der Waals surface area contributed by atoms with Gasteiger partial charge in [0.1, 0.15) is 18.1 Å². The van der Waals surface area contributed by atoms with Crippen molar-refractivity contribution in [2.75, 3.05) is 6.61 Å². The summed E-state index contributed by atoms with van der Waals surface area (Å²) in [6.07, 6.45) is 3.09. The third-order valence-electron chi connectivity index (χ3n) is 5.46. The van der Waals surface area contributed by atoms with Gasteiger partial charge in [-0.25, -0.2) is 4.79 Å². The molecule has 0 saturated carbocycles. The van der Waals surface area contributed by atoms with E-state index in [-0.39, 0.29) is 24.6 Å². The molecular weight excluding hydrogens is 372 g/mol. The summed E-state index contributed by atoms with van der Waals surface area (Å²) in [6.45, 7) is 7.88. The molecule has 1 aliphatic rings. The summed E-state index contributed by atoms with van der Waals surface area (Å²) in [4.78, 5) is 26.6. The first-order valence-electron chi connectivity index (χ1n) is 9.99. The zero-order valence-electron chi connectivity index (χ0n) is 17.4. The van der Waals surface area contributed by atoms with Crippen LogP contribution in [0.2, 0.25) is 0 Å². The van der Waals surface area contributed by atoms with Gasteiger partial charge in [-0.2, -0.15) is 0 Å². The highest BCUT2D eigenvalue weighted by molar-refractivity contribution is 5.91. The lowest BCUT2D eigenvalue weighted by Gasteiger charge is -2.38. The number of hydrogen-bond acceptors (Lipinski definition) is 6. The molecule has 7 nitrogen and oxygen atoms in total. The third kappa shape index (κ3) is 4.96. The largest absolute Gasteiger partial charge is 0.489 e. The molecule has 0 spiro atoms. The quantitative estimate of drug-likeness (QED) is 0.686. The van der Waals surface area contributed by atoms with Crippen LogP contribution in [0.15, 0.2) is 28.8 Å². The molecule has 2 aromatic rings. The molecule has 1 saturated heterocycles. The molecule has 2 heterocycles. The van der Waals surface area contributed by atoms with Crippen molar-refractivity contribution in [3.05, 3.63) is 46.8 Å². The maximum atomic E-state index is 12.5. The number of carbonyl (C=O) groups excluding carboxylic acids is 2. The number of carbonyl (C=O) groups is 2. The highest BCUT2D eigenvalue weighted by Gasteiger charge is 2.29. The van der Waals surface area contributed by atoms with Gasteiger partial charge in [0, 0.05) is 12.1 Å². The molecule has 1 aromatic heterocycles. The van der Waals surface area contributed by atoms with E-state index in [0.717, 1.165) is 36.3 Å². The molecule has 1 fully saturated rings. The predicted molar refractivity (Wildman–Crippen MR) is 107 cm³/mol. The molecular formula is C22H28N2O5. The summed E-state index contributed by atoms with van der Waals surface area (Å²) in [6, 6.07) is 7.01. The fourth-order valence-electron chi connectivity index (χ4n) is 3.75. The predicted octanol–water partition coefficient (Wildman–Crippen LogP) is 3.82. The van der Waals surface area contributed by atoms with Gasteiger partial charge in [-0.3, -0.25) is 4.79 Å². The van der Waals surface area contributed by atoms with E-state index < -0.39 is 5.97 Å². The molecule has 0 bridgehead atoms. The minimum Gasteiger partial charge on any atom is -0.489 e. The normalized spacial score (nSPS) is 19.1. The van der Waals surface area contributed by atoms with E-state index in [1.54, 1.807) is 24.3 Å². The van der Waals surface area contributed by atoms with Crippen LogP contribution in [0.5, 0.6) is 5.75 Å². The van der Waals surface area contributed by atoms with E-state index in [0.29, 0.717) is 17.9 Å². The van der Waals surface area contributed by atoms with Gasteiger partial charge >= 0.3 is 5.97 Å². The van der Waals surface area contributed by atoms with Crippen LogP contribution in [0.3, 0.4) is 0 Å². The Kier molecular flexibility index (Phi) is 6.56. The molecule has 7 heteroatoms. The highest BCUT2D eigenvalue weighted by atomic mass is 16.5. The van der Waals surface area contributed by atoms with Gasteiger partial charge in [-0.15, -0.1) is 0 Å². The van der Waals surface area contributed by atoms with Gasteiger partial charge in [0.15, 0.2) is 6.61 Å². The number of esters is 1. The summed E-state index contributed by atoms with van der Waals surface area (Å²) in [7, 11) is 0. The Morgan fingerprint density at radius 1 is 1.14 bits per heavy atom. The standard InChI is InChI=1S/C22H28N2O5/c1-14-6-5-7-15(2)24(14)21(25)13-28-22(26)18-8-10-19(11-9-18)27-12-20-16(3)23-29-17(20)4/h8-11,14-15H,5-7,12-13H2,1-4H3/t14-,15-/m1/s1. The van der Waals surface area contributed by atoms with Crippen molar-refractivity contribution < 1.29 is 23.6 Å². The Morgan fingerprint density at radius 3 is 2.38 bits per heavy atom. The number of ether oxygens (including phenoxy) is 2. The zero-order valence-corrected chi connectivity index (χ0v) is 17.4. The number of piperidine rings is 1. The first kappa shape index (κ1) is 20.9. The van der Waals surface area contributed by atoms with Crippen molar-refractivity contribution in [3.8, 4) is 5.75 Å². The first-order chi connectivity index (χ1) is 13.9. The van der Waals surface area contributed by atoms with E-state index in [1.165, 1.54) is 0 Å². The van der Waals surface area contributed by atoms with Crippen molar-refractivity contribution >= 4 is 11.9 Å². The number of hydrogen-bond donors (Lipinski definition) is 0. The Bertz CT molecular complexity index is 829. The number of benzene rings is 1. The molecule has 0 unspecified atom stereocenters. The van der Waals surface area contributed by atoms with Crippen LogP contribution in [0.25, 0.3) is 0 Å². The number of likely N-dealkylation sites (tertiary alicyclic amines) is 1. The minimum atomic E-state index is -0.520. The average Bonchev–Trinajstić information content (AvgIpc) is 3.02. The van der Waals surface area contributed by atoms with Crippen LogP contribution in [0.4, 0.5) is 0 Å². The van der Waals surface area contributed by atoms with E-state index in [1.807, 2.05) is 32.6 Å². The molecule has 0 radical (unpaired) electrons. The number of aromatic nitrogens is 1. The summed E-state index contributed by atoms with van der Waals surface area (Å²) >= 11 is 0. The highest BCUT2D eigenvalue weighted by Crippen LogP contribution is 2.23. The second kappa shape index (κ2) is 9.11. The van der Waals surface area contributed by atoms with Gasteiger partial charge in [0.25, 0.3) is 5.91 Å². The Hall–Kier alpha value is -2.83. The number of rotatable bonds is 6. The van der Waals surface area contributed by atoms with Crippen molar-refractivity contribution in [1.82, 2.24) is 10.1 Å². The topological polar surface area (TPSA) is 81.9 Å². The lowest BCUT2D eigenvalue weighted by molar-refractivity contribution is -0.140. The van der Waals surface area contributed by atoms with Crippen molar-refractivity contribution in [2.24, 2.45) is 0 Å². The van der Waals surface area contributed by atoms with Crippen LogP contribution in [0, 0.1) is 13.8 Å².